The van der Waals surface area contributed by atoms with E-state index in [1.54, 1.807) is 18.2 Å². The fraction of sp³-hybridized carbons (Fsp3) is 0.267. The van der Waals surface area contributed by atoms with Gasteiger partial charge in [0.15, 0.2) is 5.60 Å². The van der Waals surface area contributed by atoms with Crippen LogP contribution in [0.3, 0.4) is 0 Å². The zero-order valence-corrected chi connectivity index (χ0v) is 10.8. The number of hydrogen-bond donors (Lipinski definition) is 1. The summed E-state index contributed by atoms with van der Waals surface area (Å²) in [4.78, 5) is 3.92. The lowest BCUT2D eigenvalue weighted by atomic mass is 9.79. The van der Waals surface area contributed by atoms with Gasteiger partial charge in [-0.3, -0.25) is 4.98 Å². The highest BCUT2D eigenvalue weighted by Gasteiger charge is 2.58. The topological polar surface area (TPSA) is 33.1 Å². The van der Waals surface area contributed by atoms with Gasteiger partial charge >= 0.3 is 6.18 Å². The molecule has 106 valence electrons. The lowest BCUT2D eigenvalue weighted by Crippen LogP contribution is -2.46. The molecule has 2 atom stereocenters. The zero-order valence-electron chi connectivity index (χ0n) is 10.8. The first-order chi connectivity index (χ1) is 9.37. The molecule has 0 radical (unpaired) electrons. The monoisotopic (exact) mass is 281 g/mol. The van der Waals surface area contributed by atoms with Crippen LogP contribution in [0.25, 0.3) is 0 Å². The third-order valence-electron chi connectivity index (χ3n) is 3.40. The third-order valence-corrected chi connectivity index (χ3v) is 3.40. The smallest absolute Gasteiger partial charge is 0.376 e. The van der Waals surface area contributed by atoms with Gasteiger partial charge in [-0.25, -0.2) is 0 Å². The first-order valence-electron chi connectivity index (χ1n) is 6.13. The maximum absolute atomic E-state index is 13.4. The third kappa shape index (κ3) is 2.41. The predicted octanol–water partition coefficient (Wildman–Crippen LogP) is 3.64. The van der Waals surface area contributed by atoms with Gasteiger partial charge in [0.2, 0.25) is 0 Å². The Kier molecular flexibility index (Phi) is 3.81. The van der Waals surface area contributed by atoms with Crippen LogP contribution in [0.4, 0.5) is 13.2 Å². The Morgan fingerprint density at radius 3 is 2.10 bits per heavy atom. The second-order valence-electron chi connectivity index (χ2n) is 4.61. The van der Waals surface area contributed by atoms with E-state index in [2.05, 4.69) is 4.98 Å². The van der Waals surface area contributed by atoms with Crippen molar-refractivity contribution in [3.05, 3.63) is 66.0 Å². The van der Waals surface area contributed by atoms with Gasteiger partial charge in [0.25, 0.3) is 0 Å². The van der Waals surface area contributed by atoms with Gasteiger partial charge in [-0.15, -0.1) is 0 Å². The number of halogens is 3. The van der Waals surface area contributed by atoms with Crippen molar-refractivity contribution in [2.75, 3.05) is 0 Å². The minimum Gasteiger partial charge on any atom is -0.376 e. The molecule has 1 aromatic carbocycles. The highest BCUT2D eigenvalue weighted by atomic mass is 19.4. The van der Waals surface area contributed by atoms with E-state index < -0.39 is 17.7 Å². The van der Waals surface area contributed by atoms with Crippen LogP contribution < -0.4 is 0 Å². The van der Waals surface area contributed by atoms with Crippen molar-refractivity contribution >= 4 is 0 Å². The summed E-state index contributed by atoms with van der Waals surface area (Å²) in [6.07, 6.45) is -3.39. The van der Waals surface area contributed by atoms with E-state index in [1.807, 2.05) is 0 Å². The van der Waals surface area contributed by atoms with Gasteiger partial charge in [0.1, 0.15) is 0 Å². The van der Waals surface area contributed by atoms with Crippen LogP contribution in [0.2, 0.25) is 0 Å². The minimum absolute atomic E-state index is 0.189. The van der Waals surface area contributed by atoms with Crippen molar-refractivity contribution in [1.29, 1.82) is 0 Å². The van der Waals surface area contributed by atoms with Crippen LogP contribution in [0, 0.1) is 0 Å². The summed E-state index contributed by atoms with van der Waals surface area (Å²) < 4.78 is 40.3. The summed E-state index contributed by atoms with van der Waals surface area (Å²) in [6, 6.07) is 11.8. The number of alkyl halides is 3. The molecule has 1 heterocycles. The van der Waals surface area contributed by atoms with Gasteiger partial charge in [-0.1, -0.05) is 43.3 Å². The van der Waals surface area contributed by atoms with Crippen molar-refractivity contribution in [3.8, 4) is 0 Å². The molecular weight excluding hydrogens is 267 g/mol. The highest BCUT2D eigenvalue weighted by molar-refractivity contribution is 5.29. The highest BCUT2D eigenvalue weighted by Crippen LogP contribution is 2.47. The second-order valence-corrected chi connectivity index (χ2v) is 4.61. The molecule has 0 saturated carbocycles. The van der Waals surface area contributed by atoms with Crippen LogP contribution in [0.1, 0.15) is 24.1 Å². The van der Waals surface area contributed by atoms with E-state index in [-0.39, 0.29) is 11.3 Å². The van der Waals surface area contributed by atoms with E-state index in [0.717, 1.165) is 0 Å². The van der Waals surface area contributed by atoms with E-state index in [9.17, 15) is 18.3 Å². The lowest BCUT2D eigenvalue weighted by Gasteiger charge is -2.36. The van der Waals surface area contributed by atoms with Crippen LogP contribution >= 0.6 is 0 Å². The van der Waals surface area contributed by atoms with Crippen molar-refractivity contribution in [1.82, 2.24) is 4.98 Å². The second kappa shape index (κ2) is 5.25. The molecule has 2 nitrogen and oxygen atoms in total. The number of nitrogens with zero attached hydrogens (tertiary/aromatic N) is 1. The molecule has 0 fully saturated rings. The number of pyridine rings is 1. The number of aliphatic hydroxyl groups is 1. The molecule has 5 heteroatoms. The van der Waals surface area contributed by atoms with Gasteiger partial charge in [0.05, 0.1) is 0 Å². The number of hydrogen-bond acceptors (Lipinski definition) is 2. The fourth-order valence-corrected chi connectivity index (χ4v) is 2.20. The molecule has 0 aliphatic rings. The minimum atomic E-state index is -4.80. The van der Waals surface area contributed by atoms with Gasteiger partial charge in [0, 0.05) is 17.8 Å². The molecular formula is C15H14F3NO. The Morgan fingerprint density at radius 2 is 1.60 bits per heavy atom. The van der Waals surface area contributed by atoms with Crippen LogP contribution in [0.15, 0.2) is 54.7 Å². The van der Waals surface area contributed by atoms with Gasteiger partial charge < -0.3 is 5.11 Å². The van der Waals surface area contributed by atoms with E-state index in [4.69, 9.17) is 0 Å². The first kappa shape index (κ1) is 14.5. The summed E-state index contributed by atoms with van der Waals surface area (Å²) in [5.41, 5.74) is -2.97. The summed E-state index contributed by atoms with van der Waals surface area (Å²) in [5, 5.41) is 10.4. The van der Waals surface area contributed by atoms with E-state index >= 15 is 0 Å². The zero-order chi connectivity index (χ0) is 14.8. The first-order valence-corrected chi connectivity index (χ1v) is 6.13. The Labute approximate surface area is 114 Å². The molecule has 2 aromatic rings. The van der Waals surface area contributed by atoms with E-state index in [0.29, 0.717) is 0 Å². The Balaban J connectivity index is 2.54. The molecule has 2 rings (SSSR count). The Bertz CT molecular complexity index is 556. The van der Waals surface area contributed by atoms with Gasteiger partial charge in [-0.2, -0.15) is 13.2 Å². The average molecular weight is 281 g/mol. The van der Waals surface area contributed by atoms with Crippen LogP contribution in [-0.4, -0.2) is 16.3 Å². The normalized spacial score (nSPS) is 16.4. The summed E-state index contributed by atoms with van der Waals surface area (Å²) in [5.74, 6) is -1.22. The summed E-state index contributed by atoms with van der Waals surface area (Å²) in [6.45, 7) is 1.32. The molecule has 1 aromatic heterocycles. The number of aromatic nitrogens is 1. The van der Waals surface area contributed by atoms with Crippen LogP contribution in [-0.2, 0) is 5.60 Å². The standard InChI is InChI=1S/C15H14F3NO/c1-11(13-9-5-6-10-19-13)14(20,15(16,17)18)12-7-3-2-4-8-12/h2-11,20H,1H3/t11-,14+/m0/s1. The molecule has 0 aliphatic heterocycles. The number of benzene rings is 1. The summed E-state index contributed by atoms with van der Waals surface area (Å²) in [7, 11) is 0. The lowest BCUT2D eigenvalue weighted by molar-refractivity contribution is -0.274. The summed E-state index contributed by atoms with van der Waals surface area (Å²) >= 11 is 0. The van der Waals surface area contributed by atoms with Crippen molar-refractivity contribution in [2.45, 2.75) is 24.6 Å². The van der Waals surface area contributed by atoms with Crippen molar-refractivity contribution < 1.29 is 18.3 Å². The van der Waals surface area contributed by atoms with Gasteiger partial charge in [-0.05, 0) is 17.7 Å². The fourth-order valence-electron chi connectivity index (χ4n) is 2.20. The SMILES string of the molecule is C[C@@H](c1ccccn1)[C@@](O)(c1ccccc1)C(F)(F)F. The Hall–Kier alpha value is -1.88. The predicted molar refractivity (Wildman–Crippen MR) is 69.0 cm³/mol. The average Bonchev–Trinajstić information content (AvgIpc) is 2.46. The molecule has 1 N–H and O–H groups in total. The molecule has 0 spiro atoms. The number of rotatable bonds is 3. The molecule has 0 bridgehead atoms. The molecule has 0 amide bonds. The molecule has 0 saturated heterocycles. The van der Waals surface area contributed by atoms with Crippen molar-refractivity contribution in [3.63, 3.8) is 0 Å². The van der Waals surface area contributed by atoms with Crippen molar-refractivity contribution in [2.24, 2.45) is 0 Å². The molecule has 20 heavy (non-hydrogen) atoms. The Morgan fingerprint density at radius 1 is 1.00 bits per heavy atom. The maximum atomic E-state index is 13.4. The van der Waals surface area contributed by atoms with Crippen LogP contribution in [0.5, 0.6) is 0 Å². The molecule has 0 unspecified atom stereocenters. The largest absolute Gasteiger partial charge is 0.422 e. The quantitative estimate of drug-likeness (QED) is 0.931. The van der Waals surface area contributed by atoms with E-state index in [1.165, 1.54) is 43.5 Å². The molecule has 0 aliphatic carbocycles. The maximum Gasteiger partial charge on any atom is 0.422 e.